The van der Waals surface area contributed by atoms with Crippen LogP contribution in [0.3, 0.4) is 0 Å². The van der Waals surface area contributed by atoms with Gasteiger partial charge in [-0.2, -0.15) is 0 Å². The highest BCUT2D eigenvalue weighted by Crippen LogP contribution is 2.35. The predicted molar refractivity (Wildman–Crippen MR) is 381 cm³/mol. The summed E-state index contributed by atoms with van der Waals surface area (Å²) in [6.45, 7) is 26.6. The summed E-state index contributed by atoms with van der Waals surface area (Å²) in [6.07, 6.45) is 4.82. The number of pyridine rings is 4. The van der Waals surface area contributed by atoms with Crippen molar-refractivity contribution in [2.24, 2.45) is 11.7 Å². The lowest BCUT2D eigenvalue weighted by molar-refractivity contribution is 0.0592. The number of hydrogen-bond acceptors (Lipinski definition) is 16. The molecule has 0 unspecified atom stereocenters. The largest absolute Gasteiger partial charge is 0.478 e. The Balaban J connectivity index is 0.000000218. The summed E-state index contributed by atoms with van der Waals surface area (Å²) in [6, 6.07) is 51.1. The second-order valence-corrected chi connectivity index (χ2v) is 27.0. The van der Waals surface area contributed by atoms with Crippen molar-refractivity contribution in [2.75, 3.05) is 14.2 Å². The van der Waals surface area contributed by atoms with Gasteiger partial charge in [-0.1, -0.05) is 101 Å². The van der Waals surface area contributed by atoms with Crippen molar-refractivity contribution in [3.63, 3.8) is 0 Å². The summed E-state index contributed by atoms with van der Waals surface area (Å²) in [4.78, 5) is 71.6. The van der Waals surface area contributed by atoms with Gasteiger partial charge >= 0.3 is 17.9 Å². The Labute approximate surface area is 574 Å². The van der Waals surface area contributed by atoms with E-state index in [4.69, 9.17) is 25.1 Å². The topological polar surface area (TPSA) is 256 Å². The number of carbonyl (C=O) groups excluding carboxylic acids is 3. The maximum atomic E-state index is 12.8. The molecule has 2 aliphatic rings. The van der Waals surface area contributed by atoms with E-state index in [2.05, 4.69) is 111 Å². The third-order valence-corrected chi connectivity index (χ3v) is 15.7. The number of ketones is 1. The van der Waals surface area contributed by atoms with Crippen LogP contribution < -0.4 is 36.1 Å². The first-order valence-corrected chi connectivity index (χ1v) is 33.0. The van der Waals surface area contributed by atoms with E-state index in [9.17, 15) is 24.0 Å². The number of esters is 2. The lowest BCUT2D eigenvalue weighted by atomic mass is 9.74. The number of piperidine rings is 2. The number of H-pyrrole nitrogens is 1. The molecule has 6 heterocycles. The number of aromatic carboxylic acids is 1. The van der Waals surface area contributed by atoms with Crippen LogP contribution in [0.25, 0.3) is 0 Å². The third-order valence-electron chi connectivity index (χ3n) is 15.0. The molecule has 0 saturated carbocycles. The summed E-state index contributed by atoms with van der Waals surface area (Å²) >= 11 is 3.32. The Morgan fingerprint density at radius 3 is 1.11 bits per heavy atom. The molecule has 4 aromatic carbocycles. The minimum Gasteiger partial charge on any atom is -0.478 e. The van der Waals surface area contributed by atoms with Crippen molar-refractivity contribution in [2.45, 2.75) is 169 Å². The number of rotatable bonds is 16. The number of carbonyl (C=O) groups is 4. The van der Waals surface area contributed by atoms with E-state index in [0.717, 1.165) is 81.6 Å². The summed E-state index contributed by atoms with van der Waals surface area (Å²) in [5, 5.41) is 16.8. The van der Waals surface area contributed by atoms with Crippen LogP contribution in [-0.4, -0.2) is 91.2 Å². The maximum absolute atomic E-state index is 12.8. The lowest BCUT2D eigenvalue weighted by Crippen LogP contribution is -2.60. The van der Waals surface area contributed by atoms with Gasteiger partial charge in [-0.25, -0.2) is 29.3 Å². The number of nitrogens with two attached hydrogens (primary N) is 1. The molecule has 4 aromatic heterocycles. The lowest BCUT2D eigenvalue weighted by Gasteiger charge is -2.46. The number of aryl methyl sites for hydroxylation is 4. The third kappa shape index (κ3) is 29.0. The van der Waals surface area contributed by atoms with Crippen molar-refractivity contribution in [3.05, 3.63) is 247 Å². The fourth-order valence-electron chi connectivity index (χ4n) is 11.5. The SMILES string of the molecule is CC1(C)CC(N)CC(C)(C)N1.COC(=O)c1ccc(CBr)cc1.COC(=O)c1ccc(COc2cccc(C)n2)cc1.Cc1cccc(=O)[nH]1.Cc1cccc(OCc2ccc(C(=O)CC3CC(C)(C)NC(C)(C)C3)cc2)n1.Cc1cccc(OCc2ccc(C(=O)O)cc2)n1. The van der Waals surface area contributed by atoms with Crippen LogP contribution in [0.5, 0.6) is 17.6 Å². The molecule has 6 N–H and O–H groups in total. The monoisotopic (exact) mass is 1370 g/mol. The van der Waals surface area contributed by atoms with Gasteiger partial charge in [0.2, 0.25) is 23.2 Å². The number of Topliss-reactive ketones (excluding diaryl/α,β-unsaturated/α-hetero) is 1. The highest BCUT2D eigenvalue weighted by Gasteiger charge is 2.38. The zero-order chi connectivity index (χ0) is 70.6. The number of ether oxygens (including phenoxy) is 5. The molecule has 96 heavy (non-hydrogen) atoms. The van der Waals surface area contributed by atoms with Crippen LogP contribution in [-0.2, 0) is 34.6 Å². The molecule has 8 aromatic rings. The number of alkyl halides is 1. The summed E-state index contributed by atoms with van der Waals surface area (Å²) in [5.74, 6) is 0.859. The Morgan fingerprint density at radius 1 is 0.479 bits per heavy atom. The Morgan fingerprint density at radius 2 is 0.812 bits per heavy atom. The highest BCUT2D eigenvalue weighted by atomic mass is 79.9. The fraction of sp³-hybridized carbons (Fsp3) is 0.377. The quantitative estimate of drug-likeness (QED) is 0.0342. The number of nitrogens with one attached hydrogen (secondary N) is 3. The predicted octanol–water partition coefficient (Wildman–Crippen LogP) is 14.8. The second-order valence-electron chi connectivity index (χ2n) is 26.5. The van der Waals surface area contributed by atoms with E-state index in [0.29, 0.717) is 67.0 Å². The molecule has 0 radical (unpaired) electrons. The van der Waals surface area contributed by atoms with Gasteiger partial charge in [0, 0.05) is 92.6 Å². The minimum absolute atomic E-state index is 0.0370. The van der Waals surface area contributed by atoms with Gasteiger partial charge < -0.3 is 50.1 Å². The fourth-order valence-corrected chi connectivity index (χ4v) is 11.9. The standard InChI is InChI=1S/C24H32N2O2.C15H15NO3.C14H13NO3.C9H9BrO2.C9H20N2.C6H7NO/c1-17-7-6-8-22(25-17)28-16-18-9-11-20(12-10-18)21(27)13-19-14-23(2,3)26-24(4,5)15-19;1-11-4-3-5-14(16-11)19-10-12-6-8-13(9-7-12)15(17)18-2;1-10-3-2-4-13(15-10)18-9-11-5-7-12(8-6-11)14(16)17;1-12-9(11)8-4-2-7(6-10)3-5-8;1-8(2)5-7(10)6-9(3,4)11-8;1-5-3-2-4-6(8)7-5/h6-12,19,26H,13-16H2,1-5H3;3-9H,10H2,1-2H3;2-8H,9H2,1H3,(H,16,17);2-5H,6H2,1H3;7,11H,5-6,10H2,1-4H3;2-4H,1H3,(H,7,8). The molecule has 0 aliphatic carbocycles. The van der Waals surface area contributed by atoms with E-state index in [1.807, 2.05) is 131 Å². The number of nitrogens with zero attached hydrogens (tertiary/aromatic N) is 3. The first-order valence-electron chi connectivity index (χ1n) is 31.9. The zero-order valence-corrected chi connectivity index (χ0v) is 59.6. The number of halogens is 1. The van der Waals surface area contributed by atoms with E-state index < -0.39 is 5.97 Å². The Bertz CT molecular complexity index is 3770. The van der Waals surface area contributed by atoms with E-state index in [1.165, 1.54) is 20.3 Å². The van der Waals surface area contributed by atoms with E-state index >= 15 is 0 Å². The number of carboxylic acids is 1. The first-order chi connectivity index (χ1) is 45.3. The molecule has 0 atom stereocenters. The average Bonchev–Trinajstić information content (AvgIpc) is 0.812. The summed E-state index contributed by atoms with van der Waals surface area (Å²) in [5.41, 5.74) is 16.3. The van der Waals surface area contributed by atoms with Gasteiger partial charge in [-0.15, -0.1) is 0 Å². The van der Waals surface area contributed by atoms with Crippen molar-refractivity contribution in [3.8, 4) is 17.6 Å². The van der Waals surface area contributed by atoms with Gasteiger partial charge in [-0.05, 0) is 198 Å². The Hall–Kier alpha value is -8.88. The normalized spacial score (nSPS) is 14.7. The molecule has 2 saturated heterocycles. The van der Waals surface area contributed by atoms with Gasteiger partial charge in [0.05, 0.1) is 30.9 Å². The number of hydrogen-bond donors (Lipinski definition) is 5. The minimum atomic E-state index is -0.928. The number of methoxy groups -OCH3 is 2. The molecule has 18 nitrogen and oxygen atoms in total. The molecule has 2 aliphatic heterocycles. The maximum Gasteiger partial charge on any atom is 0.337 e. The molecule has 0 bridgehead atoms. The number of aromatic amines is 1. The molecule has 19 heteroatoms. The van der Waals surface area contributed by atoms with Crippen LogP contribution in [0.1, 0.15) is 174 Å². The summed E-state index contributed by atoms with van der Waals surface area (Å²) in [7, 11) is 2.74. The van der Waals surface area contributed by atoms with Crippen molar-refractivity contribution in [1.82, 2.24) is 30.6 Å². The zero-order valence-electron chi connectivity index (χ0n) is 58.0. The van der Waals surface area contributed by atoms with E-state index in [-0.39, 0.29) is 51.0 Å². The van der Waals surface area contributed by atoms with Crippen molar-refractivity contribution >= 4 is 39.6 Å². The molecular weight excluding hydrogens is 1280 g/mol. The van der Waals surface area contributed by atoms with Crippen molar-refractivity contribution in [1.29, 1.82) is 0 Å². The number of aromatic nitrogens is 4. The van der Waals surface area contributed by atoms with Gasteiger partial charge in [0.15, 0.2) is 5.78 Å². The average molecular weight is 1380 g/mol. The summed E-state index contributed by atoms with van der Waals surface area (Å²) < 4.78 is 26.0. The molecule has 2 fully saturated rings. The Kier molecular flexibility index (Phi) is 30.3. The van der Waals surface area contributed by atoms with Gasteiger partial charge in [0.25, 0.3) is 0 Å². The highest BCUT2D eigenvalue weighted by molar-refractivity contribution is 9.08. The molecule has 512 valence electrons. The first kappa shape index (κ1) is 77.8. The number of carboxylic acid groups (broad SMARTS) is 1. The smallest absolute Gasteiger partial charge is 0.337 e. The van der Waals surface area contributed by atoms with Crippen molar-refractivity contribution < 1.29 is 48.0 Å². The van der Waals surface area contributed by atoms with Crippen LogP contribution in [0.4, 0.5) is 0 Å². The van der Waals surface area contributed by atoms with E-state index in [1.54, 1.807) is 60.7 Å². The van der Waals surface area contributed by atoms with Crippen LogP contribution >= 0.6 is 15.9 Å². The molecule has 0 amide bonds. The number of benzene rings is 4. The second kappa shape index (κ2) is 37.4. The molecule has 10 rings (SSSR count). The van der Waals surface area contributed by atoms with Crippen LogP contribution in [0.15, 0.2) is 175 Å². The molecule has 0 spiro atoms. The molecular formula is C77H96BrN7O11. The van der Waals surface area contributed by atoms with Gasteiger partial charge in [-0.3, -0.25) is 9.59 Å². The van der Waals surface area contributed by atoms with Crippen LogP contribution in [0.2, 0.25) is 0 Å². The van der Waals surface area contributed by atoms with Crippen LogP contribution in [0, 0.1) is 33.6 Å². The van der Waals surface area contributed by atoms with Gasteiger partial charge in [0.1, 0.15) is 19.8 Å².